The molecule has 0 aliphatic carbocycles. The molecule has 6 heteroatoms. The number of aryl methyl sites for hydroxylation is 2. The summed E-state index contributed by atoms with van der Waals surface area (Å²) in [5.41, 5.74) is 3.61. The zero-order valence-corrected chi connectivity index (χ0v) is 22.6. The van der Waals surface area contributed by atoms with Gasteiger partial charge in [0.15, 0.2) is 0 Å². The van der Waals surface area contributed by atoms with Crippen LogP contribution in [0.3, 0.4) is 0 Å². The molecule has 5 nitrogen and oxygen atoms in total. The number of unbranched alkanes of at least 4 members (excludes halogenated alkanes) is 1. The summed E-state index contributed by atoms with van der Waals surface area (Å²) in [6.07, 6.45) is 10.7. The van der Waals surface area contributed by atoms with Crippen molar-refractivity contribution in [2.75, 3.05) is 26.7 Å². The fourth-order valence-corrected chi connectivity index (χ4v) is 6.03. The molecule has 2 atom stereocenters. The van der Waals surface area contributed by atoms with Gasteiger partial charge < -0.3 is 14.7 Å². The number of fused-ring (bicyclic) bond motifs is 1. The number of ether oxygens (including phenoxy) is 1. The molecule has 1 N–H and O–H groups in total. The number of nitrogens with zero attached hydrogens (tertiary/aromatic N) is 2. The summed E-state index contributed by atoms with van der Waals surface area (Å²) in [4.78, 5) is 18.4. The Labute approximate surface area is 225 Å². The van der Waals surface area contributed by atoms with Crippen LogP contribution in [0.5, 0.6) is 5.75 Å². The summed E-state index contributed by atoms with van der Waals surface area (Å²) in [5, 5.41) is 11.3. The fourth-order valence-electron chi connectivity index (χ4n) is 5.81. The van der Waals surface area contributed by atoms with Crippen LogP contribution in [0.1, 0.15) is 56.1 Å². The molecule has 0 unspecified atom stereocenters. The quantitative estimate of drug-likeness (QED) is 0.244. The number of carboxylic acids is 1. The highest BCUT2D eigenvalue weighted by Crippen LogP contribution is 2.32. The van der Waals surface area contributed by atoms with E-state index in [4.69, 9.17) is 16.3 Å². The first-order valence-corrected chi connectivity index (χ1v) is 14.0. The molecule has 0 amide bonds. The number of pyridine rings is 1. The second kappa shape index (κ2) is 13.8. The van der Waals surface area contributed by atoms with E-state index in [1.54, 1.807) is 7.11 Å². The second-order valence-corrected chi connectivity index (χ2v) is 10.8. The highest BCUT2D eigenvalue weighted by atomic mass is 35.5. The smallest absolute Gasteiger partial charge is 0.303 e. The molecular weight excluding hydrogens is 484 g/mol. The summed E-state index contributed by atoms with van der Waals surface area (Å²) in [6, 6.07) is 16.3. The summed E-state index contributed by atoms with van der Waals surface area (Å²) in [7, 11) is 1.69. The predicted molar refractivity (Wildman–Crippen MR) is 151 cm³/mol. The average molecular weight is 523 g/mol. The summed E-state index contributed by atoms with van der Waals surface area (Å²) in [5.74, 6) is 1.21. The van der Waals surface area contributed by atoms with Crippen molar-refractivity contribution in [3.63, 3.8) is 0 Å². The van der Waals surface area contributed by atoms with Crippen molar-refractivity contribution in [3.05, 3.63) is 70.9 Å². The molecule has 37 heavy (non-hydrogen) atoms. The van der Waals surface area contributed by atoms with E-state index in [1.807, 2.05) is 30.5 Å². The van der Waals surface area contributed by atoms with Crippen LogP contribution in [0.25, 0.3) is 10.9 Å². The maximum atomic E-state index is 11.3. The van der Waals surface area contributed by atoms with Crippen molar-refractivity contribution < 1.29 is 14.6 Å². The van der Waals surface area contributed by atoms with Crippen LogP contribution in [-0.4, -0.2) is 47.7 Å². The van der Waals surface area contributed by atoms with Crippen LogP contribution in [0.15, 0.2) is 54.7 Å². The van der Waals surface area contributed by atoms with Gasteiger partial charge in [0, 0.05) is 29.6 Å². The Kier molecular flexibility index (Phi) is 10.2. The van der Waals surface area contributed by atoms with Crippen LogP contribution in [0.4, 0.5) is 0 Å². The number of benzene rings is 2. The van der Waals surface area contributed by atoms with Crippen LogP contribution in [-0.2, 0) is 17.6 Å². The number of aliphatic carboxylic acids is 1. The zero-order valence-electron chi connectivity index (χ0n) is 21.9. The Hall–Kier alpha value is -2.63. The van der Waals surface area contributed by atoms with Gasteiger partial charge in [-0.25, -0.2) is 0 Å². The molecule has 1 aliphatic heterocycles. The third kappa shape index (κ3) is 8.18. The number of hydrogen-bond acceptors (Lipinski definition) is 4. The van der Waals surface area contributed by atoms with Gasteiger partial charge in [0.25, 0.3) is 0 Å². The lowest BCUT2D eigenvalue weighted by atomic mass is 9.79. The standard InChI is InChI=1S/C31H39ClN2O3/c1-37-28-12-13-30-29(21-28)25(15-17-33-30)9-5-8-24-16-19-34(22-26(24)11-14-31(35)36)18-3-2-6-23-7-4-10-27(32)20-23/h4,7,10,12-13,15,17,20-21,24,26H,2-3,5-6,8-9,11,14,16,18-19,22H2,1H3,(H,35,36)/t24-,26+/m1/s1. The van der Waals surface area contributed by atoms with E-state index in [2.05, 4.69) is 34.1 Å². The monoisotopic (exact) mass is 522 g/mol. The van der Waals surface area contributed by atoms with Gasteiger partial charge in [-0.2, -0.15) is 0 Å². The Balaban J connectivity index is 1.28. The lowest BCUT2D eigenvalue weighted by Crippen LogP contribution is -2.41. The lowest BCUT2D eigenvalue weighted by molar-refractivity contribution is -0.137. The van der Waals surface area contributed by atoms with Gasteiger partial charge in [-0.15, -0.1) is 0 Å². The Morgan fingerprint density at radius 2 is 1.97 bits per heavy atom. The van der Waals surface area contributed by atoms with Crippen LogP contribution >= 0.6 is 11.6 Å². The van der Waals surface area contributed by atoms with Crippen molar-refractivity contribution in [2.24, 2.45) is 11.8 Å². The molecule has 4 rings (SSSR count). The third-order valence-corrected chi connectivity index (χ3v) is 8.08. The molecule has 198 valence electrons. The maximum absolute atomic E-state index is 11.3. The minimum Gasteiger partial charge on any atom is -0.497 e. The maximum Gasteiger partial charge on any atom is 0.303 e. The minimum absolute atomic E-state index is 0.262. The number of rotatable bonds is 13. The normalized spacial score (nSPS) is 18.2. The molecule has 1 aromatic heterocycles. The third-order valence-electron chi connectivity index (χ3n) is 7.84. The van der Waals surface area contributed by atoms with Crippen molar-refractivity contribution in [2.45, 2.75) is 57.8 Å². The minimum atomic E-state index is -0.686. The zero-order chi connectivity index (χ0) is 26.0. The molecule has 0 bridgehead atoms. The van der Waals surface area contributed by atoms with Gasteiger partial charge in [-0.05, 0) is 124 Å². The first-order valence-electron chi connectivity index (χ1n) is 13.6. The van der Waals surface area contributed by atoms with Crippen molar-refractivity contribution in [1.82, 2.24) is 9.88 Å². The molecule has 2 aromatic carbocycles. The van der Waals surface area contributed by atoms with Crippen molar-refractivity contribution in [1.29, 1.82) is 0 Å². The number of halogens is 1. The van der Waals surface area contributed by atoms with E-state index < -0.39 is 5.97 Å². The average Bonchev–Trinajstić information content (AvgIpc) is 2.90. The first-order chi connectivity index (χ1) is 18.0. The van der Waals surface area contributed by atoms with Gasteiger partial charge in [0.2, 0.25) is 0 Å². The van der Waals surface area contributed by atoms with Gasteiger partial charge >= 0.3 is 5.97 Å². The van der Waals surface area contributed by atoms with Crippen LogP contribution in [0, 0.1) is 11.8 Å². The predicted octanol–water partition coefficient (Wildman–Crippen LogP) is 7.05. The van der Waals surface area contributed by atoms with Crippen molar-refractivity contribution >= 4 is 28.5 Å². The Morgan fingerprint density at radius 3 is 2.78 bits per heavy atom. The van der Waals surface area contributed by atoms with E-state index in [0.717, 1.165) is 92.7 Å². The van der Waals surface area contributed by atoms with E-state index in [9.17, 15) is 9.90 Å². The molecule has 0 saturated carbocycles. The lowest BCUT2D eigenvalue weighted by Gasteiger charge is -2.39. The Morgan fingerprint density at radius 1 is 1.08 bits per heavy atom. The summed E-state index contributed by atoms with van der Waals surface area (Å²) in [6.45, 7) is 3.22. The molecule has 0 spiro atoms. The SMILES string of the molecule is COc1ccc2nccc(CCC[C@@H]3CCN(CCCCc4cccc(Cl)c4)C[C@@H]3CCC(=O)O)c2c1. The number of carboxylic acid groups (broad SMARTS) is 1. The molecule has 1 saturated heterocycles. The largest absolute Gasteiger partial charge is 0.497 e. The highest BCUT2D eigenvalue weighted by Gasteiger charge is 2.29. The molecule has 3 aromatic rings. The Bertz CT molecular complexity index is 1170. The number of likely N-dealkylation sites (tertiary alicyclic amines) is 1. The number of aromatic nitrogens is 1. The van der Waals surface area contributed by atoms with E-state index >= 15 is 0 Å². The van der Waals surface area contributed by atoms with Crippen LogP contribution < -0.4 is 4.74 Å². The topological polar surface area (TPSA) is 62.7 Å². The first kappa shape index (κ1) is 27.4. The van der Waals surface area contributed by atoms with Crippen molar-refractivity contribution in [3.8, 4) is 5.75 Å². The van der Waals surface area contributed by atoms with Crippen LogP contribution in [0.2, 0.25) is 5.02 Å². The molecule has 2 heterocycles. The van der Waals surface area contributed by atoms with Gasteiger partial charge in [-0.1, -0.05) is 23.7 Å². The molecule has 1 fully saturated rings. The van der Waals surface area contributed by atoms with Gasteiger partial charge in [0.05, 0.1) is 12.6 Å². The van der Waals surface area contributed by atoms with E-state index in [1.165, 1.54) is 11.1 Å². The molecular formula is C31H39ClN2O3. The summed E-state index contributed by atoms with van der Waals surface area (Å²) >= 11 is 6.11. The van der Waals surface area contributed by atoms with E-state index in [-0.39, 0.29) is 6.42 Å². The molecule has 1 aliphatic rings. The summed E-state index contributed by atoms with van der Waals surface area (Å²) < 4.78 is 5.42. The highest BCUT2D eigenvalue weighted by molar-refractivity contribution is 6.30. The van der Waals surface area contributed by atoms with Gasteiger partial charge in [0.1, 0.15) is 5.75 Å². The fraction of sp³-hybridized carbons (Fsp3) is 0.484. The number of piperidine rings is 1. The number of methoxy groups -OCH3 is 1. The molecule has 0 radical (unpaired) electrons. The second-order valence-electron chi connectivity index (χ2n) is 10.4. The van der Waals surface area contributed by atoms with Gasteiger partial charge in [-0.3, -0.25) is 9.78 Å². The number of hydrogen-bond donors (Lipinski definition) is 1. The van der Waals surface area contributed by atoms with E-state index in [0.29, 0.717) is 11.8 Å². The number of carbonyl (C=O) groups is 1.